The molecule has 0 radical (unpaired) electrons. The van der Waals surface area contributed by atoms with E-state index in [1.54, 1.807) is 27.9 Å². The third-order valence-electron chi connectivity index (χ3n) is 6.43. The van der Waals surface area contributed by atoms with Crippen LogP contribution in [-0.4, -0.2) is 47.5 Å². The predicted molar refractivity (Wildman–Crippen MR) is 155 cm³/mol. The molecule has 12 heteroatoms. The molecule has 1 saturated heterocycles. The number of H-pyrrole nitrogens is 1. The molecule has 4 rings (SSSR count). The Morgan fingerprint density at radius 1 is 1.05 bits per heavy atom. The highest BCUT2D eigenvalue weighted by Crippen LogP contribution is 2.40. The van der Waals surface area contributed by atoms with E-state index in [4.69, 9.17) is 23.3 Å². The lowest BCUT2D eigenvalue weighted by molar-refractivity contribution is -0.149. The zero-order chi connectivity index (χ0) is 29.5. The molecular weight excluding hydrogens is 549 g/mol. The van der Waals surface area contributed by atoms with Crippen LogP contribution >= 0.6 is 8.53 Å². The fraction of sp³-hybridized carbons (Fsp3) is 0.414. The van der Waals surface area contributed by atoms with Gasteiger partial charge in [0.2, 0.25) is 0 Å². The number of benzene rings is 2. The topological polar surface area (TPSA) is 130 Å². The van der Waals surface area contributed by atoms with Gasteiger partial charge in [0, 0.05) is 18.2 Å². The number of carbonyl (C=O) groups is 1. The molecule has 2 aromatic carbocycles. The number of esters is 1. The van der Waals surface area contributed by atoms with E-state index < -0.39 is 38.0 Å². The molecule has 1 aromatic heterocycles. The Morgan fingerprint density at radius 2 is 1.68 bits per heavy atom. The lowest BCUT2D eigenvalue weighted by Crippen LogP contribution is -2.35. The SMILES string of the molecule is COc1ccc(-c2ccc(OP(N[C@@H](C)C(=O)OC(C)C)OCC3C[C@H](C)[C@H](n4ccc(=O)[nH]c4=O)O3)cc2)cc1. The molecule has 2 N–H and O–H groups in total. The number of rotatable bonds is 12. The molecule has 0 spiro atoms. The van der Waals surface area contributed by atoms with Gasteiger partial charge in [-0.25, -0.2) is 9.88 Å². The maximum absolute atomic E-state index is 12.5. The molecule has 3 aromatic rings. The molecule has 41 heavy (non-hydrogen) atoms. The molecule has 1 aliphatic heterocycles. The lowest BCUT2D eigenvalue weighted by Gasteiger charge is -2.24. The van der Waals surface area contributed by atoms with Gasteiger partial charge >= 0.3 is 20.2 Å². The highest BCUT2D eigenvalue weighted by molar-refractivity contribution is 7.45. The molecule has 0 saturated carbocycles. The largest absolute Gasteiger partial charge is 0.497 e. The van der Waals surface area contributed by atoms with E-state index in [9.17, 15) is 14.4 Å². The molecule has 220 valence electrons. The smallest absolute Gasteiger partial charge is 0.330 e. The zero-order valence-electron chi connectivity index (χ0n) is 23.7. The average molecular weight is 586 g/mol. The molecule has 0 bridgehead atoms. The second-order valence-electron chi connectivity index (χ2n) is 10.1. The summed E-state index contributed by atoms with van der Waals surface area (Å²) >= 11 is 0. The van der Waals surface area contributed by atoms with Gasteiger partial charge in [0.1, 0.15) is 23.8 Å². The molecule has 5 atom stereocenters. The summed E-state index contributed by atoms with van der Waals surface area (Å²) in [5.41, 5.74) is 1.04. The first-order valence-electron chi connectivity index (χ1n) is 13.4. The number of nitrogens with one attached hydrogen (secondary N) is 2. The standard InChI is InChI=1S/C29H36N3O8P/c1-18(2)38-28(34)20(4)31-41(40-24-12-8-22(9-13-24)21-6-10-23(36-5)11-7-21)37-17-25-16-19(3)27(39-25)32-15-14-26(33)30-29(32)35/h6-15,18-20,25,27,31H,16-17H2,1-5H3,(H,30,33,35)/t19-,20-,25?,27+,41?/m0/s1. The maximum atomic E-state index is 12.5. The van der Waals surface area contributed by atoms with Crippen molar-refractivity contribution in [1.29, 1.82) is 0 Å². The summed E-state index contributed by atoms with van der Waals surface area (Å²) in [6.07, 6.45) is 0.923. The summed E-state index contributed by atoms with van der Waals surface area (Å²) in [4.78, 5) is 38.5. The van der Waals surface area contributed by atoms with Gasteiger partial charge in [-0.05, 0) is 62.6 Å². The molecule has 2 unspecified atom stereocenters. The third kappa shape index (κ3) is 8.27. The third-order valence-corrected chi connectivity index (χ3v) is 7.79. The molecule has 11 nitrogen and oxygen atoms in total. The minimum Gasteiger partial charge on any atom is -0.497 e. The van der Waals surface area contributed by atoms with Crippen molar-refractivity contribution in [3.05, 3.63) is 81.6 Å². The number of hydrogen-bond acceptors (Lipinski definition) is 9. The van der Waals surface area contributed by atoms with Crippen molar-refractivity contribution in [3.63, 3.8) is 0 Å². The molecule has 0 aliphatic carbocycles. The second-order valence-corrected chi connectivity index (χ2v) is 11.3. The summed E-state index contributed by atoms with van der Waals surface area (Å²) in [5.74, 6) is 0.921. The van der Waals surface area contributed by atoms with Crippen LogP contribution in [0.3, 0.4) is 0 Å². The van der Waals surface area contributed by atoms with E-state index in [2.05, 4.69) is 10.1 Å². The number of methoxy groups -OCH3 is 1. The van der Waals surface area contributed by atoms with Crippen LogP contribution in [0.25, 0.3) is 11.1 Å². The van der Waals surface area contributed by atoms with Crippen molar-refractivity contribution in [3.8, 4) is 22.6 Å². The number of hydrogen-bond donors (Lipinski definition) is 2. The van der Waals surface area contributed by atoms with Crippen LogP contribution in [0.2, 0.25) is 0 Å². The van der Waals surface area contributed by atoms with Crippen molar-refractivity contribution >= 4 is 14.5 Å². The highest BCUT2D eigenvalue weighted by atomic mass is 31.2. The molecule has 1 aliphatic rings. The Bertz CT molecular complexity index is 1410. The second kappa shape index (κ2) is 13.9. The van der Waals surface area contributed by atoms with Gasteiger partial charge < -0.3 is 23.3 Å². The Morgan fingerprint density at radius 3 is 2.27 bits per heavy atom. The number of ether oxygens (including phenoxy) is 3. The minimum atomic E-state index is -1.78. The maximum Gasteiger partial charge on any atom is 0.330 e. The van der Waals surface area contributed by atoms with Crippen molar-refractivity contribution in [2.45, 2.75) is 58.6 Å². The summed E-state index contributed by atoms with van der Waals surface area (Å²) in [6, 6.07) is 15.9. The summed E-state index contributed by atoms with van der Waals surface area (Å²) in [5, 5.41) is 3.10. The van der Waals surface area contributed by atoms with Crippen LogP contribution < -0.4 is 25.6 Å². The molecule has 2 heterocycles. The average Bonchev–Trinajstić information content (AvgIpc) is 3.31. The van der Waals surface area contributed by atoms with E-state index in [-0.39, 0.29) is 24.7 Å². The quantitative estimate of drug-likeness (QED) is 0.235. The van der Waals surface area contributed by atoms with E-state index in [1.807, 2.05) is 55.5 Å². The van der Waals surface area contributed by atoms with Gasteiger partial charge in [0.05, 0.1) is 25.9 Å². The lowest BCUT2D eigenvalue weighted by atomic mass is 10.1. The minimum absolute atomic E-state index is 0.00208. The van der Waals surface area contributed by atoms with E-state index in [0.717, 1.165) is 16.9 Å². The van der Waals surface area contributed by atoms with Gasteiger partial charge in [0.15, 0.2) is 0 Å². The number of carbonyl (C=O) groups excluding carboxylic acids is 1. The van der Waals surface area contributed by atoms with Crippen molar-refractivity contribution < 1.29 is 28.1 Å². The first-order chi connectivity index (χ1) is 19.6. The molecule has 1 fully saturated rings. The number of aromatic amines is 1. The summed E-state index contributed by atoms with van der Waals surface area (Å²) < 4.78 is 30.3. The van der Waals surface area contributed by atoms with Crippen LogP contribution in [0.15, 0.2) is 70.4 Å². The van der Waals surface area contributed by atoms with Crippen LogP contribution in [0.5, 0.6) is 11.5 Å². The summed E-state index contributed by atoms with van der Waals surface area (Å²) in [6.45, 7) is 7.38. The highest BCUT2D eigenvalue weighted by Gasteiger charge is 2.35. The van der Waals surface area contributed by atoms with Gasteiger partial charge in [-0.15, -0.1) is 0 Å². The first kappa shape index (κ1) is 30.5. The summed E-state index contributed by atoms with van der Waals surface area (Å²) in [7, 11) is -0.148. The van der Waals surface area contributed by atoms with Crippen LogP contribution in [0, 0.1) is 5.92 Å². The predicted octanol–water partition coefficient (Wildman–Crippen LogP) is 4.39. The van der Waals surface area contributed by atoms with Crippen LogP contribution in [0.1, 0.15) is 40.3 Å². The van der Waals surface area contributed by atoms with Crippen molar-refractivity contribution in [1.82, 2.24) is 14.6 Å². The van der Waals surface area contributed by atoms with Gasteiger partial charge in [-0.3, -0.25) is 19.1 Å². The van der Waals surface area contributed by atoms with Gasteiger partial charge in [-0.2, -0.15) is 0 Å². The molecular formula is C29H36N3O8P. The Balaban J connectivity index is 1.43. The fourth-order valence-corrected chi connectivity index (χ4v) is 5.58. The first-order valence-corrected chi connectivity index (χ1v) is 14.6. The van der Waals surface area contributed by atoms with Crippen LogP contribution in [-0.2, 0) is 18.8 Å². The Hall–Kier alpha value is -3.50. The Labute approximate surface area is 239 Å². The number of aromatic nitrogens is 2. The van der Waals surface area contributed by atoms with E-state index >= 15 is 0 Å². The van der Waals surface area contributed by atoms with Gasteiger partial charge in [-0.1, -0.05) is 31.2 Å². The van der Waals surface area contributed by atoms with E-state index in [0.29, 0.717) is 12.2 Å². The zero-order valence-corrected chi connectivity index (χ0v) is 24.6. The van der Waals surface area contributed by atoms with Crippen LogP contribution in [0.4, 0.5) is 0 Å². The normalized spacial score (nSPS) is 20.0. The van der Waals surface area contributed by atoms with E-state index in [1.165, 1.54) is 16.8 Å². The monoisotopic (exact) mass is 585 g/mol. The fourth-order valence-electron chi connectivity index (χ4n) is 4.37. The Kier molecular flexibility index (Phi) is 10.3. The number of nitrogens with zero attached hydrogens (tertiary/aromatic N) is 1. The van der Waals surface area contributed by atoms with Gasteiger partial charge in [0.25, 0.3) is 5.56 Å². The molecule has 0 amide bonds. The van der Waals surface area contributed by atoms with Crippen molar-refractivity contribution in [2.75, 3.05) is 13.7 Å². The van der Waals surface area contributed by atoms with Crippen molar-refractivity contribution in [2.24, 2.45) is 5.92 Å².